The number of aromatic nitrogens is 1. The van der Waals surface area contributed by atoms with Crippen LogP contribution in [0.5, 0.6) is 0 Å². The molecule has 1 aromatic rings. The Balaban J connectivity index is 2.01. The molecule has 1 N–H and O–H groups in total. The van der Waals surface area contributed by atoms with Crippen molar-refractivity contribution in [2.45, 2.75) is 19.3 Å². The number of hydrogen-bond acceptors (Lipinski definition) is 4. The molecule has 1 saturated carbocycles. The number of aromatic carboxylic acids is 1. The minimum absolute atomic E-state index is 0.0158. The predicted octanol–water partition coefficient (Wildman–Crippen LogP) is 1.45. The molecule has 0 bridgehead atoms. The van der Waals surface area contributed by atoms with Crippen LogP contribution in [-0.2, 0) is 9.53 Å². The average Bonchev–Trinajstić information content (AvgIpc) is 3.09. The van der Waals surface area contributed by atoms with Crippen LogP contribution in [0.4, 0.5) is 0 Å². The van der Waals surface area contributed by atoms with Gasteiger partial charge in [0, 0.05) is 6.20 Å². The van der Waals surface area contributed by atoms with Crippen LogP contribution in [0, 0.1) is 5.92 Å². The summed E-state index contributed by atoms with van der Waals surface area (Å²) in [4.78, 5) is 25.9. The molecule has 0 aliphatic heterocycles. The van der Waals surface area contributed by atoms with Crippen molar-refractivity contribution >= 4 is 11.9 Å². The number of pyridine rings is 1. The summed E-state index contributed by atoms with van der Waals surface area (Å²) in [5.74, 6) is -1.19. The second kappa shape index (κ2) is 4.53. The van der Waals surface area contributed by atoms with E-state index < -0.39 is 5.97 Å². The average molecular weight is 235 g/mol. The second-order valence-corrected chi connectivity index (χ2v) is 3.98. The first-order valence-corrected chi connectivity index (χ1v) is 5.49. The molecule has 1 aromatic heterocycles. The highest BCUT2D eigenvalue weighted by atomic mass is 16.5. The highest BCUT2D eigenvalue weighted by molar-refractivity contribution is 5.85. The summed E-state index contributed by atoms with van der Waals surface area (Å²) in [6.07, 6.45) is 2.28. The van der Waals surface area contributed by atoms with Crippen molar-refractivity contribution in [3.63, 3.8) is 0 Å². The number of carboxylic acid groups (broad SMARTS) is 1. The molecule has 90 valence electrons. The van der Waals surface area contributed by atoms with Gasteiger partial charge >= 0.3 is 11.9 Å². The van der Waals surface area contributed by atoms with Crippen LogP contribution < -0.4 is 0 Å². The minimum atomic E-state index is -1.05. The van der Waals surface area contributed by atoms with Crippen molar-refractivity contribution in [1.82, 2.24) is 4.98 Å². The van der Waals surface area contributed by atoms with Crippen molar-refractivity contribution < 1.29 is 19.4 Å². The molecular formula is C12H13NO4. The largest absolute Gasteiger partial charge is 0.477 e. The summed E-state index contributed by atoms with van der Waals surface area (Å²) < 4.78 is 4.93. The summed E-state index contributed by atoms with van der Waals surface area (Å²) in [6, 6.07) is 3.17. The van der Waals surface area contributed by atoms with E-state index in [1.165, 1.54) is 12.3 Å². The molecule has 1 fully saturated rings. The van der Waals surface area contributed by atoms with E-state index in [2.05, 4.69) is 4.98 Å². The van der Waals surface area contributed by atoms with E-state index in [4.69, 9.17) is 9.84 Å². The number of ether oxygens (including phenoxy) is 1. The first-order chi connectivity index (χ1) is 8.13. The number of carboxylic acids is 1. The maximum absolute atomic E-state index is 11.4. The van der Waals surface area contributed by atoms with Gasteiger partial charge in [0.2, 0.25) is 0 Å². The Morgan fingerprint density at radius 3 is 2.82 bits per heavy atom. The smallest absolute Gasteiger partial charge is 0.354 e. The van der Waals surface area contributed by atoms with Crippen molar-refractivity contribution in [3.05, 3.63) is 29.6 Å². The zero-order valence-electron chi connectivity index (χ0n) is 9.42. The van der Waals surface area contributed by atoms with Crippen LogP contribution in [0.2, 0.25) is 0 Å². The van der Waals surface area contributed by atoms with Crippen LogP contribution in [0.15, 0.2) is 18.3 Å². The van der Waals surface area contributed by atoms with Crippen LogP contribution in [-0.4, -0.2) is 28.6 Å². The summed E-state index contributed by atoms with van der Waals surface area (Å²) in [5.41, 5.74) is 0.912. The van der Waals surface area contributed by atoms with E-state index in [-0.39, 0.29) is 23.5 Å². The molecule has 17 heavy (non-hydrogen) atoms. The molecule has 0 aromatic carbocycles. The Labute approximate surface area is 98.4 Å². The van der Waals surface area contributed by atoms with Crippen LogP contribution in [0.1, 0.15) is 35.3 Å². The van der Waals surface area contributed by atoms with Crippen molar-refractivity contribution in [2.75, 3.05) is 6.61 Å². The lowest BCUT2D eigenvalue weighted by Gasteiger charge is -2.01. The van der Waals surface area contributed by atoms with E-state index >= 15 is 0 Å². The number of carbonyl (C=O) groups is 2. The minimum Gasteiger partial charge on any atom is -0.477 e. The number of nitrogens with zero attached hydrogens (tertiary/aromatic N) is 1. The molecule has 0 amide bonds. The van der Waals surface area contributed by atoms with Gasteiger partial charge in [-0.15, -0.1) is 0 Å². The van der Waals surface area contributed by atoms with Gasteiger partial charge < -0.3 is 9.84 Å². The van der Waals surface area contributed by atoms with E-state index in [9.17, 15) is 9.59 Å². The first kappa shape index (κ1) is 11.6. The Kier molecular flexibility index (Phi) is 3.08. The van der Waals surface area contributed by atoms with E-state index in [0.717, 1.165) is 12.0 Å². The van der Waals surface area contributed by atoms with Gasteiger partial charge in [-0.1, -0.05) is 6.07 Å². The maximum Gasteiger partial charge on any atom is 0.354 e. The van der Waals surface area contributed by atoms with E-state index in [0.29, 0.717) is 6.61 Å². The molecule has 0 saturated heterocycles. The SMILES string of the molecule is CCOC(=O)C1CC1c1ccc(C(=O)O)nc1. The second-order valence-electron chi connectivity index (χ2n) is 3.98. The Morgan fingerprint density at radius 2 is 2.29 bits per heavy atom. The third kappa shape index (κ3) is 2.43. The van der Waals surface area contributed by atoms with Gasteiger partial charge in [-0.05, 0) is 30.9 Å². The third-order valence-electron chi connectivity index (χ3n) is 2.81. The van der Waals surface area contributed by atoms with Crippen LogP contribution in [0.3, 0.4) is 0 Å². The van der Waals surface area contributed by atoms with Gasteiger partial charge in [0.25, 0.3) is 0 Å². The van der Waals surface area contributed by atoms with Gasteiger partial charge in [0.15, 0.2) is 0 Å². The quantitative estimate of drug-likeness (QED) is 0.799. The maximum atomic E-state index is 11.4. The Bertz CT molecular complexity index is 440. The van der Waals surface area contributed by atoms with Gasteiger partial charge in [-0.25, -0.2) is 9.78 Å². The highest BCUT2D eigenvalue weighted by Crippen LogP contribution is 2.47. The fraction of sp³-hybridized carbons (Fsp3) is 0.417. The normalized spacial score (nSPS) is 21.9. The van der Waals surface area contributed by atoms with Crippen LogP contribution in [0.25, 0.3) is 0 Å². The van der Waals surface area contributed by atoms with E-state index in [1.54, 1.807) is 13.0 Å². The highest BCUT2D eigenvalue weighted by Gasteiger charge is 2.45. The summed E-state index contributed by atoms with van der Waals surface area (Å²) in [5, 5.41) is 8.70. The van der Waals surface area contributed by atoms with E-state index in [1.807, 2.05) is 0 Å². The first-order valence-electron chi connectivity index (χ1n) is 5.49. The lowest BCUT2D eigenvalue weighted by molar-refractivity contribution is -0.144. The fourth-order valence-corrected chi connectivity index (χ4v) is 1.82. The number of rotatable bonds is 4. The van der Waals surface area contributed by atoms with Gasteiger partial charge in [-0.3, -0.25) is 4.79 Å². The number of esters is 1. The molecule has 0 radical (unpaired) electrons. The number of hydrogen-bond donors (Lipinski definition) is 1. The van der Waals surface area contributed by atoms with Crippen molar-refractivity contribution in [3.8, 4) is 0 Å². The van der Waals surface area contributed by atoms with Crippen molar-refractivity contribution in [2.24, 2.45) is 5.92 Å². The standard InChI is InChI=1S/C12H13NO4/c1-2-17-12(16)9-5-8(9)7-3-4-10(11(14)15)13-6-7/h3-4,6,8-9H,2,5H2,1H3,(H,14,15). The summed E-state index contributed by atoms with van der Waals surface area (Å²) >= 11 is 0. The molecule has 2 atom stereocenters. The van der Waals surface area contributed by atoms with Gasteiger partial charge in [0.05, 0.1) is 12.5 Å². The molecular weight excluding hydrogens is 222 g/mol. The van der Waals surface area contributed by atoms with Crippen LogP contribution >= 0.6 is 0 Å². The molecule has 2 rings (SSSR count). The lowest BCUT2D eigenvalue weighted by Crippen LogP contribution is -2.07. The molecule has 5 heteroatoms. The van der Waals surface area contributed by atoms with Crippen molar-refractivity contribution in [1.29, 1.82) is 0 Å². The van der Waals surface area contributed by atoms with Gasteiger partial charge in [-0.2, -0.15) is 0 Å². The third-order valence-corrected chi connectivity index (χ3v) is 2.81. The molecule has 1 aliphatic carbocycles. The molecule has 1 heterocycles. The Morgan fingerprint density at radius 1 is 1.53 bits per heavy atom. The summed E-state index contributed by atoms with van der Waals surface area (Å²) in [7, 11) is 0. The molecule has 5 nitrogen and oxygen atoms in total. The zero-order valence-corrected chi connectivity index (χ0v) is 9.42. The van der Waals surface area contributed by atoms with Gasteiger partial charge in [0.1, 0.15) is 5.69 Å². The Hall–Kier alpha value is -1.91. The molecule has 2 unspecified atom stereocenters. The monoisotopic (exact) mass is 235 g/mol. The zero-order chi connectivity index (χ0) is 12.4. The fourth-order valence-electron chi connectivity index (χ4n) is 1.82. The lowest BCUT2D eigenvalue weighted by atomic mass is 10.1. The predicted molar refractivity (Wildman–Crippen MR) is 58.7 cm³/mol. The molecule has 0 spiro atoms. The number of carbonyl (C=O) groups excluding carboxylic acids is 1. The molecule has 1 aliphatic rings. The topological polar surface area (TPSA) is 76.5 Å². The summed E-state index contributed by atoms with van der Waals surface area (Å²) in [6.45, 7) is 2.16.